The van der Waals surface area contributed by atoms with Crippen molar-refractivity contribution in [3.05, 3.63) is 66.4 Å². The van der Waals surface area contributed by atoms with E-state index in [9.17, 15) is 4.79 Å². The van der Waals surface area contributed by atoms with Crippen molar-refractivity contribution in [3.8, 4) is 22.8 Å². The van der Waals surface area contributed by atoms with Gasteiger partial charge in [-0.15, -0.1) is 0 Å². The zero-order valence-electron chi connectivity index (χ0n) is 16.8. The molecule has 0 bridgehead atoms. The number of hydrogen-bond donors (Lipinski definition) is 1. The van der Waals surface area contributed by atoms with Crippen LogP contribution in [0.5, 0.6) is 11.5 Å². The molecule has 2 heterocycles. The van der Waals surface area contributed by atoms with Gasteiger partial charge in [0.1, 0.15) is 11.5 Å². The minimum Gasteiger partial charge on any atom is -0.457 e. The number of piperazine rings is 1. The number of rotatable bonds is 6. The zero-order chi connectivity index (χ0) is 20.2. The molecule has 0 saturated carbocycles. The van der Waals surface area contributed by atoms with Gasteiger partial charge in [-0.05, 0) is 42.8 Å². The minimum atomic E-state index is -0.0848. The van der Waals surface area contributed by atoms with Crippen molar-refractivity contribution in [2.45, 2.75) is 25.9 Å². The molecule has 2 aromatic carbocycles. The molecule has 6 nitrogen and oxygen atoms in total. The van der Waals surface area contributed by atoms with Gasteiger partial charge < -0.3 is 10.1 Å². The van der Waals surface area contributed by atoms with Crippen LogP contribution < -0.4 is 10.1 Å². The molecule has 1 unspecified atom stereocenters. The number of nitrogens with zero attached hydrogens (tertiary/aromatic N) is 3. The molecular formula is C23H26N4O2. The number of ether oxygens (including phenoxy) is 1. The number of nitrogens with one attached hydrogen (secondary N) is 1. The van der Waals surface area contributed by atoms with Crippen molar-refractivity contribution in [1.29, 1.82) is 0 Å². The van der Waals surface area contributed by atoms with E-state index in [1.165, 1.54) is 0 Å². The second kappa shape index (κ2) is 8.49. The maximum atomic E-state index is 12.2. The first-order chi connectivity index (χ1) is 14.1. The summed E-state index contributed by atoms with van der Waals surface area (Å²) < 4.78 is 7.73. The topological polar surface area (TPSA) is 59.4 Å². The van der Waals surface area contributed by atoms with E-state index in [0.717, 1.165) is 41.3 Å². The average molecular weight is 390 g/mol. The van der Waals surface area contributed by atoms with Crippen LogP contribution in [0.3, 0.4) is 0 Å². The van der Waals surface area contributed by atoms with Gasteiger partial charge in [0, 0.05) is 44.0 Å². The fourth-order valence-electron chi connectivity index (χ4n) is 3.82. The molecule has 1 amide bonds. The molecule has 1 saturated heterocycles. The summed E-state index contributed by atoms with van der Waals surface area (Å²) in [4.78, 5) is 14.4. The van der Waals surface area contributed by atoms with E-state index in [0.29, 0.717) is 13.1 Å². The number of para-hydroxylation sites is 1. The number of aryl methyl sites for hydroxylation is 1. The van der Waals surface area contributed by atoms with Gasteiger partial charge >= 0.3 is 0 Å². The first-order valence-electron chi connectivity index (χ1n) is 10.0. The molecule has 1 fully saturated rings. The molecule has 0 spiro atoms. The summed E-state index contributed by atoms with van der Waals surface area (Å²) in [5.41, 5.74) is 3.10. The highest BCUT2D eigenvalue weighted by Gasteiger charge is 2.29. The standard InChI is InChI=1S/C23H26N4O2/c1-3-21-23(28)24-13-14-27(21)16-18-15-26(2)25-22(18)17-9-11-20(12-10-17)29-19-7-5-4-6-8-19/h4-12,15,21H,3,13-14,16H2,1-2H3,(H,24,28). The molecule has 1 aliphatic rings. The van der Waals surface area contributed by atoms with Gasteiger partial charge in [0.25, 0.3) is 0 Å². The van der Waals surface area contributed by atoms with Gasteiger partial charge in [0.2, 0.25) is 5.91 Å². The van der Waals surface area contributed by atoms with E-state index in [-0.39, 0.29) is 11.9 Å². The summed E-state index contributed by atoms with van der Waals surface area (Å²) in [5, 5.41) is 7.64. The largest absolute Gasteiger partial charge is 0.457 e. The number of aromatic nitrogens is 2. The third-order valence-corrected chi connectivity index (χ3v) is 5.21. The van der Waals surface area contributed by atoms with Gasteiger partial charge in [-0.25, -0.2) is 0 Å². The van der Waals surface area contributed by atoms with Crippen LogP contribution in [-0.2, 0) is 18.4 Å². The van der Waals surface area contributed by atoms with Crippen LogP contribution in [0.25, 0.3) is 11.3 Å². The molecule has 1 aromatic heterocycles. The first-order valence-corrected chi connectivity index (χ1v) is 10.0. The molecule has 1 aliphatic heterocycles. The average Bonchev–Trinajstić information content (AvgIpc) is 3.10. The molecule has 1 N–H and O–H groups in total. The smallest absolute Gasteiger partial charge is 0.237 e. The van der Waals surface area contributed by atoms with Crippen molar-refractivity contribution in [2.75, 3.05) is 13.1 Å². The predicted octanol–water partition coefficient (Wildman–Crippen LogP) is 3.59. The minimum absolute atomic E-state index is 0.0848. The Morgan fingerprint density at radius 1 is 1.10 bits per heavy atom. The molecule has 29 heavy (non-hydrogen) atoms. The van der Waals surface area contributed by atoms with Gasteiger partial charge in [-0.1, -0.05) is 25.1 Å². The van der Waals surface area contributed by atoms with E-state index in [4.69, 9.17) is 4.74 Å². The van der Waals surface area contributed by atoms with Crippen LogP contribution in [-0.4, -0.2) is 39.7 Å². The highest BCUT2D eigenvalue weighted by molar-refractivity contribution is 5.82. The van der Waals surface area contributed by atoms with E-state index in [1.807, 2.05) is 72.5 Å². The predicted molar refractivity (Wildman–Crippen MR) is 113 cm³/mol. The van der Waals surface area contributed by atoms with Gasteiger partial charge in [0.05, 0.1) is 11.7 Å². The summed E-state index contributed by atoms with van der Waals surface area (Å²) in [5.74, 6) is 1.72. The monoisotopic (exact) mass is 390 g/mol. The molecule has 0 aliphatic carbocycles. The summed E-state index contributed by atoms with van der Waals surface area (Å²) in [6.07, 6.45) is 2.84. The van der Waals surface area contributed by atoms with Gasteiger partial charge in [-0.3, -0.25) is 14.4 Å². The maximum Gasteiger partial charge on any atom is 0.237 e. The highest BCUT2D eigenvalue weighted by atomic mass is 16.5. The second-order valence-corrected chi connectivity index (χ2v) is 7.30. The van der Waals surface area contributed by atoms with Gasteiger partial charge in [-0.2, -0.15) is 5.10 Å². The van der Waals surface area contributed by atoms with Crippen LogP contribution in [0.2, 0.25) is 0 Å². The van der Waals surface area contributed by atoms with Crippen LogP contribution >= 0.6 is 0 Å². The van der Waals surface area contributed by atoms with Crippen LogP contribution in [0.4, 0.5) is 0 Å². The molecule has 4 rings (SSSR count). The normalized spacial score (nSPS) is 17.2. The fourth-order valence-corrected chi connectivity index (χ4v) is 3.82. The summed E-state index contributed by atoms with van der Waals surface area (Å²) in [6.45, 7) is 4.30. The zero-order valence-corrected chi connectivity index (χ0v) is 16.8. The molecule has 6 heteroatoms. The molecule has 0 radical (unpaired) electrons. The van der Waals surface area contributed by atoms with E-state index >= 15 is 0 Å². The van der Waals surface area contributed by atoms with Crippen molar-refractivity contribution in [3.63, 3.8) is 0 Å². The molecular weight excluding hydrogens is 364 g/mol. The lowest BCUT2D eigenvalue weighted by molar-refractivity contribution is -0.129. The maximum absolute atomic E-state index is 12.2. The third-order valence-electron chi connectivity index (χ3n) is 5.21. The number of hydrogen-bond acceptors (Lipinski definition) is 4. The van der Waals surface area contributed by atoms with Gasteiger partial charge in [0.15, 0.2) is 0 Å². The van der Waals surface area contributed by atoms with E-state index < -0.39 is 0 Å². The second-order valence-electron chi connectivity index (χ2n) is 7.30. The van der Waals surface area contributed by atoms with Crippen LogP contribution in [0, 0.1) is 0 Å². The highest BCUT2D eigenvalue weighted by Crippen LogP contribution is 2.28. The van der Waals surface area contributed by atoms with E-state index in [1.54, 1.807) is 0 Å². The Hall–Kier alpha value is -3.12. The number of benzene rings is 2. The van der Waals surface area contributed by atoms with E-state index in [2.05, 4.69) is 22.2 Å². The Kier molecular flexibility index (Phi) is 5.62. The Morgan fingerprint density at radius 3 is 2.55 bits per heavy atom. The van der Waals surface area contributed by atoms with Crippen molar-refractivity contribution in [1.82, 2.24) is 20.0 Å². The summed E-state index contributed by atoms with van der Waals surface area (Å²) >= 11 is 0. The Bertz CT molecular complexity index is 966. The number of carbonyl (C=O) groups is 1. The molecule has 1 atom stereocenters. The molecule has 150 valence electrons. The number of carbonyl (C=O) groups excluding carboxylic acids is 1. The van der Waals surface area contributed by atoms with Crippen LogP contribution in [0.15, 0.2) is 60.8 Å². The lowest BCUT2D eigenvalue weighted by Gasteiger charge is -2.34. The summed E-state index contributed by atoms with van der Waals surface area (Å²) in [6, 6.07) is 17.6. The van der Waals surface area contributed by atoms with Crippen molar-refractivity contribution < 1.29 is 9.53 Å². The third kappa shape index (κ3) is 4.32. The first kappa shape index (κ1) is 19.2. The fraction of sp³-hybridized carbons (Fsp3) is 0.304. The Morgan fingerprint density at radius 2 is 1.83 bits per heavy atom. The quantitative estimate of drug-likeness (QED) is 0.699. The Labute approximate surface area is 171 Å². The van der Waals surface area contributed by atoms with Crippen molar-refractivity contribution >= 4 is 5.91 Å². The lowest BCUT2D eigenvalue weighted by Crippen LogP contribution is -2.54. The van der Waals surface area contributed by atoms with Crippen LogP contribution in [0.1, 0.15) is 18.9 Å². The van der Waals surface area contributed by atoms with Crippen molar-refractivity contribution in [2.24, 2.45) is 7.05 Å². The Balaban J connectivity index is 1.54. The lowest BCUT2D eigenvalue weighted by atomic mass is 10.0. The molecule has 3 aromatic rings. The summed E-state index contributed by atoms with van der Waals surface area (Å²) in [7, 11) is 1.93. The SMILES string of the molecule is CCC1C(=O)NCCN1Cc1cn(C)nc1-c1ccc(Oc2ccccc2)cc1. The number of amides is 1.